The van der Waals surface area contributed by atoms with Gasteiger partial charge in [-0.15, -0.1) is 0 Å². The molecule has 1 aliphatic heterocycles. The van der Waals surface area contributed by atoms with Crippen LogP contribution in [0.15, 0.2) is 12.1 Å². The van der Waals surface area contributed by atoms with Gasteiger partial charge in [0.2, 0.25) is 5.91 Å². The van der Waals surface area contributed by atoms with E-state index >= 15 is 0 Å². The second kappa shape index (κ2) is 8.01. The van der Waals surface area contributed by atoms with Gasteiger partial charge in [0.25, 0.3) is 0 Å². The molecule has 1 aliphatic rings. The molecule has 0 saturated carbocycles. The minimum absolute atomic E-state index is 0.102. The number of rotatable bonds is 7. The van der Waals surface area contributed by atoms with Gasteiger partial charge in [0, 0.05) is 19.5 Å². The number of aryl methyl sites for hydroxylation is 1. The highest BCUT2D eigenvalue weighted by Gasteiger charge is 2.14. The third-order valence-corrected chi connectivity index (χ3v) is 4.03. The Hall–Kier alpha value is -1.58. The van der Waals surface area contributed by atoms with Gasteiger partial charge in [-0.05, 0) is 38.3 Å². The van der Waals surface area contributed by atoms with Crippen LogP contribution in [0.4, 0.5) is 11.5 Å². The van der Waals surface area contributed by atoms with E-state index in [9.17, 15) is 4.79 Å². The first-order valence-electron chi connectivity index (χ1n) is 8.23. The van der Waals surface area contributed by atoms with Crippen molar-refractivity contribution in [2.24, 2.45) is 0 Å². The van der Waals surface area contributed by atoms with Crippen LogP contribution in [0.25, 0.3) is 0 Å². The molecule has 4 heteroatoms. The molecule has 2 rings (SSSR count). The van der Waals surface area contributed by atoms with E-state index in [4.69, 9.17) is 0 Å². The molecule has 0 spiro atoms. The van der Waals surface area contributed by atoms with E-state index in [1.54, 1.807) is 0 Å². The van der Waals surface area contributed by atoms with Crippen LogP contribution in [0.5, 0.6) is 0 Å². The molecule has 1 aromatic rings. The van der Waals surface area contributed by atoms with Crippen molar-refractivity contribution in [3.05, 3.63) is 17.8 Å². The van der Waals surface area contributed by atoms with Gasteiger partial charge in [-0.3, -0.25) is 4.79 Å². The molecule has 2 heterocycles. The molecule has 21 heavy (non-hydrogen) atoms. The highest BCUT2D eigenvalue weighted by atomic mass is 16.1. The van der Waals surface area contributed by atoms with Crippen LogP contribution in [0.1, 0.15) is 57.6 Å². The first kappa shape index (κ1) is 15.8. The largest absolute Gasteiger partial charge is 0.357 e. The van der Waals surface area contributed by atoms with Crippen molar-refractivity contribution in [3.63, 3.8) is 0 Å². The number of amides is 1. The van der Waals surface area contributed by atoms with E-state index < -0.39 is 0 Å². The van der Waals surface area contributed by atoms with Gasteiger partial charge in [0.05, 0.1) is 11.4 Å². The minimum Gasteiger partial charge on any atom is -0.357 e. The quantitative estimate of drug-likeness (QED) is 0.774. The summed E-state index contributed by atoms with van der Waals surface area (Å²) in [7, 11) is 0. The molecule has 1 aromatic heterocycles. The minimum atomic E-state index is 0.102. The number of hydrogen-bond donors (Lipinski definition) is 1. The summed E-state index contributed by atoms with van der Waals surface area (Å²) in [5.41, 5.74) is 1.75. The molecule has 4 nitrogen and oxygen atoms in total. The lowest BCUT2D eigenvalue weighted by Gasteiger charge is -2.18. The molecule has 0 aromatic carbocycles. The zero-order valence-electron chi connectivity index (χ0n) is 13.3. The number of carbonyl (C=O) groups is 1. The van der Waals surface area contributed by atoms with Gasteiger partial charge in [-0.1, -0.05) is 26.2 Å². The summed E-state index contributed by atoms with van der Waals surface area (Å²) >= 11 is 0. The zero-order chi connectivity index (χ0) is 15.1. The summed E-state index contributed by atoms with van der Waals surface area (Å²) in [6, 6.07) is 4.00. The van der Waals surface area contributed by atoms with Crippen LogP contribution in [0.2, 0.25) is 0 Å². The summed E-state index contributed by atoms with van der Waals surface area (Å²) in [6.45, 7) is 6.33. The predicted molar refractivity (Wildman–Crippen MR) is 87.8 cm³/mol. The number of hydrogen-bond acceptors (Lipinski definition) is 3. The first-order valence-corrected chi connectivity index (χ1v) is 8.23. The lowest BCUT2D eigenvalue weighted by Crippen LogP contribution is -2.20. The maximum atomic E-state index is 11.9. The maximum Gasteiger partial charge on any atom is 0.224 e. The number of pyridine rings is 1. The fraction of sp³-hybridized carbons (Fsp3) is 0.647. The summed E-state index contributed by atoms with van der Waals surface area (Å²) in [5.74, 6) is 1.14. The van der Waals surface area contributed by atoms with Gasteiger partial charge < -0.3 is 10.2 Å². The fourth-order valence-electron chi connectivity index (χ4n) is 2.73. The van der Waals surface area contributed by atoms with Gasteiger partial charge >= 0.3 is 0 Å². The Balaban J connectivity index is 1.86. The molecular weight excluding hydrogens is 262 g/mol. The molecule has 1 fully saturated rings. The van der Waals surface area contributed by atoms with E-state index in [1.807, 2.05) is 19.1 Å². The molecular formula is C17H27N3O. The Morgan fingerprint density at radius 1 is 1.24 bits per heavy atom. The van der Waals surface area contributed by atoms with Crippen molar-refractivity contribution >= 4 is 17.4 Å². The third-order valence-electron chi connectivity index (χ3n) is 4.03. The van der Waals surface area contributed by atoms with E-state index in [-0.39, 0.29) is 5.91 Å². The summed E-state index contributed by atoms with van der Waals surface area (Å²) in [6.07, 6.45) is 7.61. The first-order chi connectivity index (χ1) is 10.2. The van der Waals surface area contributed by atoms with E-state index in [0.29, 0.717) is 6.42 Å². The normalized spacial score (nSPS) is 14.5. The average molecular weight is 289 g/mol. The SMILES string of the molecule is CCCCCCC(=O)Nc1ccc(N2CCCC2)nc1C. The van der Waals surface area contributed by atoms with Gasteiger partial charge in [0.1, 0.15) is 5.82 Å². The molecule has 1 saturated heterocycles. The number of aromatic nitrogens is 1. The van der Waals surface area contributed by atoms with Crippen LogP contribution in [0.3, 0.4) is 0 Å². The number of unbranched alkanes of at least 4 members (excludes halogenated alkanes) is 3. The van der Waals surface area contributed by atoms with Gasteiger partial charge in [-0.2, -0.15) is 0 Å². The second-order valence-corrected chi connectivity index (χ2v) is 5.86. The Morgan fingerprint density at radius 3 is 2.67 bits per heavy atom. The fourth-order valence-corrected chi connectivity index (χ4v) is 2.73. The Bertz CT molecular complexity index is 467. The highest BCUT2D eigenvalue weighted by Crippen LogP contribution is 2.22. The van der Waals surface area contributed by atoms with E-state index in [1.165, 1.54) is 25.7 Å². The lowest BCUT2D eigenvalue weighted by molar-refractivity contribution is -0.116. The van der Waals surface area contributed by atoms with E-state index in [2.05, 4.69) is 22.1 Å². The summed E-state index contributed by atoms with van der Waals surface area (Å²) in [5, 5.41) is 2.98. The second-order valence-electron chi connectivity index (χ2n) is 5.86. The van der Waals surface area contributed by atoms with E-state index in [0.717, 1.165) is 43.1 Å². The van der Waals surface area contributed by atoms with Crippen molar-refractivity contribution in [3.8, 4) is 0 Å². The monoisotopic (exact) mass is 289 g/mol. The van der Waals surface area contributed by atoms with Crippen molar-refractivity contribution < 1.29 is 4.79 Å². The smallest absolute Gasteiger partial charge is 0.224 e. The Kier molecular flexibility index (Phi) is 6.03. The van der Waals surface area contributed by atoms with Gasteiger partial charge in [0.15, 0.2) is 0 Å². The standard InChI is InChI=1S/C17H27N3O/c1-3-4-5-6-9-17(21)19-15-10-11-16(18-14(15)2)20-12-7-8-13-20/h10-11H,3-9,12-13H2,1-2H3,(H,19,21). The lowest BCUT2D eigenvalue weighted by atomic mass is 10.1. The summed E-state index contributed by atoms with van der Waals surface area (Å²) < 4.78 is 0. The molecule has 116 valence electrons. The number of nitrogens with one attached hydrogen (secondary N) is 1. The van der Waals surface area contributed by atoms with Crippen LogP contribution in [-0.4, -0.2) is 24.0 Å². The van der Waals surface area contributed by atoms with Crippen molar-refractivity contribution in [1.29, 1.82) is 0 Å². The number of carbonyl (C=O) groups excluding carboxylic acids is 1. The van der Waals surface area contributed by atoms with Crippen LogP contribution >= 0.6 is 0 Å². The third kappa shape index (κ3) is 4.73. The number of nitrogens with zero attached hydrogens (tertiary/aromatic N) is 2. The predicted octanol–water partition coefficient (Wildman–Crippen LogP) is 3.90. The van der Waals surface area contributed by atoms with Gasteiger partial charge in [-0.25, -0.2) is 4.98 Å². The van der Waals surface area contributed by atoms with Crippen LogP contribution < -0.4 is 10.2 Å². The van der Waals surface area contributed by atoms with Crippen LogP contribution in [0, 0.1) is 6.92 Å². The van der Waals surface area contributed by atoms with Crippen molar-refractivity contribution in [2.75, 3.05) is 23.3 Å². The molecule has 0 aliphatic carbocycles. The molecule has 0 atom stereocenters. The molecule has 0 unspecified atom stereocenters. The maximum absolute atomic E-state index is 11.9. The van der Waals surface area contributed by atoms with Crippen molar-refractivity contribution in [1.82, 2.24) is 4.98 Å². The Labute approximate surface area is 127 Å². The summed E-state index contributed by atoms with van der Waals surface area (Å²) in [4.78, 5) is 18.9. The average Bonchev–Trinajstić information content (AvgIpc) is 3.00. The topological polar surface area (TPSA) is 45.2 Å². The molecule has 1 N–H and O–H groups in total. The highest BCUT2D eigenvalue weighted by molar-refractivity contribution is 5.91. The molecule has 0 radical (unpaired) electrons. The molecule has 0 bridgehead atoms. The Morgan fingerprint density at radius 2 is 2.00 bits per heavy atom. The zero-order valence-corrected chi connectivity index (χ0v) is 13.3. The molecule has 1 amide bonds. The van der Waals surface area contributed by atoms with Crippen molar-refractivity contribution in [2.45, 2.75) is 58.8 Å². The number of anilines is 2. The van der Waals surface area contributed by atoms with Crippen LogP contribution in [-0.2, 0) is 4.79 Å².